The minimum atomic E-state index is 0.410. The van der Waals surface area contributed by atoms with Crippen LogP contribution in [0.2, 0.25) is 0 Å². The summed E-state index contributed by atoms with van der Waals surface area (Å²) in [6.45, 7) is 19.0. The molecule has 0 bridgehead atoms. The second-order valence-electron chi connectivity index (χ2n) is 7.57. The first-order valence-corrected chi connectivity index (χ1v) is 8.31. The molecule has 1 heterocycles. The highest BCUT2D eigenvalue weighted by atomic mass is 15.2. The predicted octanol–water partition coefficient (Wildman–Crippen LogP) is 3.91. The van der Waals surface area contributed by atoms with Gasteiger partial charge in [-0.25, -0.2) is 0 Å². The van der Waals surface area contributed by atoms with E-state index in [4.69, 9.17) is 0 Å². The van der Waals surface area contributed by atoms with E-state index in [-0.39, 0.29) is 0 Å². The lowest BCUT2D eigenvalue weighted by molar-refractivity contribution is 0.0860. The van der Waals surface area contributed by atoms with Crippen LogP contribution in [0.15, 0.2) is 0 Å². The largest absolute Gasteiger partial charge is 0.316 e. The van der Waals surface area contributed by atoms with Gasteiger partial charge in [-0.1, -0.05) is 27.7 Å². The summed E-state index contributed by atoms with van der Waals surface area (Å²) in [5.41, 5.74) is 0.865. The minimum Gasteiger partial charge on any atom is -0.316 e. The Morgan fingerprint density at radius 1 is 1.21 bits per heavy atom. The first-order chi connectivity index (χ1) is 8.85. The lowest BCUT2D eigenvalue weighted by Crippen LogP contribution is -2.49. The molecule has 0 amide bonds. The van der Waals surface area contributed by atoms with Crippen LogP contribution in [0.4, 0.5) is 0 Å². The summed E-state index contributed by atoms with van der Waals surface area (Å²) in [5.74, 6) is 0.745. The van der Waals surface area contributed by atoms with Crippen molar-refractivity contribution in [3.8, 4) is 0 Å². The summed E-state index contributed by atoms with van der Waals surface area (Å²) in [4.78, 5) is 2.73. The van der Waals surface area contributed by atoms with Crippen molar-refractivity contribution in [1.29, 1.82) is 0 Å². The fraction of sp³-hybridized carbons (Fsp3) is 1.00. The Bertz CT molecular complexity index is 254. The summed E-state index contributed by atoms with van der Waals surface area (Å²) in [6.07, 6.45) is 5.29. The van der Waals surface area contributed by atoms with Crippen LogP contribution in [0.5, 0.6) is 0 Å². The molecule has 0 spiro atoms. The molecule has 0 aliphatic carbocycles. The maximum atomic E-state index is 3.70. The molecule has 0 atom stereocenters. The van der Waals surface area contributed by atoms with Gasteiger partial charge in [0.25, 0.3) is 0 Å². The molecule has 0 aromatic carbocycles. The van der Waals surface area contributed by atoms with Gasteiger partial charge in [0.05, 0.1) is 0 Å². The molecule has 0 radical (unpaired) electrons. The van der Waals surface area contributed by atoms with Gasteiger partial charge >= 0.3 is 0 Å². The molecule has 1 aliphatic rings. The Morgan fingerprint density at radius 2 is 1.84 bits per heavy atom. The van der Waals surface area contributed by atoms with E-state index >= 15 is 0 Å². The topological polar surface area (TPSA) is 15.3 Å². The van der Waals surface area contributed by atoms with Gasteiger partial charge in [0.15, 0.2) is 0 Å². The van der Waals surface area contributed by atoms with Crippen LogP contribution >= 0.6 is 0 Å². The number of hydrogen-bond donors (Lipinski definition) is 1. The van der Waals surface area contributed by atoms with E-state index in [0.717, 1.165) is 12.5 Å². The Kier molecular flexibility index (Phi) is 6.32. The molecule has 1 rings (SSSR count). The third-order valence-electron chi connectivity index (χ3n) is 5.15. The highest BCUT2D eigenvalue weighted by Crippen LogP contribution is 2.35. The molecule has 0 aromatic heterocycles. The second kappa shape index (κ2) is 7.08. The number of rotatable bonds is 8. The maximum absolute atomic E-state index is 3.70. The van der Waals surface area contributed by atoms with Crippen molar-refractivity contribution >= 4 is 0 Å². The quantitative estimate of drug-likeness (QED) is 0.718. The fourth-order valence-electron chi connectivity index (χ4n) is 3.27. The molecule has 0 saturated carbocycles. The molecule has 1 N–H and O–H groups in total. The molecule has 2 heteroatoms. The molecule has 2 nitrogen and oxygen atoms in total. The van der Waals surface area contributed by atoms with Crippen molar-refractivity contribution < 1.29 is 0 Å². The van der Waals surface area contributed by atoms with Gasteiger partial charge in [-0.3, -0.25) is 4.90 Å². The Balaban J connectivity index is 2.60. The van der Waals surface area contributed by atoms with Gasteiger partial charge in [0.2, 0.25) is 0 Å². The maximum Gasteiger partial charge on any atom is 0.0153 e. The molecule has 1 saturated heterocycles. The Hall–Kier alpha value is -0.0800. The molecule has 1 fully saturated rings. The van der Waals surface area contributed by atoms with Gasteiger partial charge in [-0.15, -0.1) is 0 Å². The molecule has 0 unspecified atom stereocenters. The van der Waals surface area contributed by atoms with Crippen LogP contribution in [0.1, 0.15) is 67.2 Å². The fourth-order valence-corrected chi connectivity index (χ4v) is 3.27. The van der Waals surface area contributed by atoms with Crippen molar-refractivity contribution in [3.63, 3.8) is 0 Å². The Labute approximate surface area is 121 Å². The molecular formula is C17H36N2. The summed E-state index contributed by atoms with van der Waals surface area (Å²) >= 11 is 0. The summed E-state index contributed by atoms with van der Waals surface area (Å²) in [5, 5.41) is 3.70. The number of hydrogen-bond acceptors (Lipinski definition) is 2. The summed E-state index contributed by atoms with van der Waals surface area (Å²) in [7, 11) is 0. The lowest BCUT2D eigenvalue weighted by atomic mass is 9.80. The third kappa shape index (κ3) is 4.75. The van der Waals surface area contributed by atoms with Crippen molar-refractivity contribution in [2.45, 2.75) is 72.8 Å². The molecule has 114 valence electrons. The Morgan fingerprint density at radius 3 is 2.26 bits per heavy atom. The predicted molar refractivity (Wildman–Crippen MR) is 85.6 cm³/mol. The van der Waals surface area contributed by atoms with Crippen LogP contribution in [-0.4, -0.2) is 36.6 Å². The molecular weight excluding hydrogens is 232 g/mol. The van der Waals surface area contributed by atoms with Gasteiger partial charge in [0, 0.05) is 18.6 Å². The van der Waals surface area contributed by atoms with E-state index in [1.807, 2.05) is 0 Å². The normalized spacial score (nSPS) is 20.4. The van der Waals surface area contributed by atoms with E-state index < -0.39 is 0 Å². The molecule has 0 aromatic rings. The van der Waals surface area contributed by atoms with Crippen LogP contribution < -0.4 is 5.32 Å². The van der Waals surface area contributed by atoms with Crippen molar-refractivity contribution in [2.75, 3.05) is 26.2 Å². The highest BCUT2D eigenvalue weighted by Gasteiger charge is 2.37. The second-order valence-corrected chi connectivity index (χ2v) is 7.57. The zero-order chi connectivity index (χ0) is 14.5. The van der Waals surface area contributed by atoms with Gasteiger partial charge in [-0.05, 0) is 64.0 Å². The van der Waals surface area contributed by atoms with E-state index in [0.29, 0.717) is 11.0 Å². The summed E-state index contributed by atoms with van der Waals surface area (Å²) in [6, 6.07) is 0. The minimum absolute atomic E-state index is 0.410. The van der Waals surface area contributed by atoms with Gasteiger partial charge in [0.1, 0.15) is 0 Å². The van der Waals surface area contributed by atoms with Crippen LogP contribution in [0.3, 0.4) is 0 Å². The average Bonchev–Trinajstić information content (AvgIpc) is 2.67. The van der Waals surface area contributed by atoms with Crippen LogP contribution in [0.25, 0.3) is 0 Å². The molecule has 1 aliphatic heterocycles. The smallest absolute Gasteiger partial charge is 0.0153 e. The van der Waals surface area contributed by atoms with E-state index in [1.54, 1.807) is 0 Å². The van der Waals surface area contributed by atoms with Crippen molar-refractivity contribution in [1.82, 2.24) is 10.2 Å². The first kappa shape index (κ1) is 17.0. The van der Waals surface area contributed by atoms with Crippen molar-refractivity contribution in [3.05, 3.63) is 0 Å². The standard InChI is InChI=1S/C17H36N2/c1-7-17(8-2,13-18-12-15(3)4)14-19-11-9-10-16(19,5)6/h15,18H,7-14H2,1-6H3. The van der Waals surface area contributed by atoms with Crippen molar-refractivity contribution in [2.24, 2.45) is 11.3 Å². The van der Waals surface area contributed by atoms with Crippen LogP contribution in [-0.2, 0) is 0 Å². The highest BCUT2D eigenvalue weighted by molar-refractivity contribution is 4.93. The number of nitrogens with one attached hydrogen (secondary N) is 1. The van der Waals surface area contributed by atoms with E-state index in [9.17, 15) is 0 Å². The number of likely N-dealkylation sites (tertiary alicyclic amines) is 1. The van der Waals surface area contributed by atoms with Gasteiger partial charge < -0.3 is 5.32 Å². The average molecular weight is 268 g/mol. The lowest BCUT2D eigenvalue weighted by Gasteiger charge is -2.41. The SMILES string of the molecule is CCC(CC)(CNCC(C)C)CN1CCCC1(C)C. The third-order valence-corrected chi connectivity index (χ3v) is 5.15. The molecule has 19 heavy (non-hydrogen) atoms. The first-order valence-electron chi connectivity index (χ1n) is 8.31. The van der Waals surface area contributed by atoms with E-state index in [1.165, 1.54) is 45.3 Å². The monoisotopic (exact) mass is 268 g/mol. The summed E-state index contributed by atoms with van der Waals surface area (Å²) < 4.78 is 0. The van der Waals surface area contributed by atoms with E-state index in [2.05, 4.69) is 51.8 Å². The van der Waals surface area contributed by atoms with Crippen LogP contribution in [0, 0.1) is 11.3 Å². The van der Waals surface area contributed by atoms with Gasteiger partial charge in [-0.2, -0.15) is 0 Å². The zero-order valence-electron chi connectivity index (χ0n) is 14.2. The zero-order valence-corrected chi connectivity index (χ0v) is 14.2. The number of nitrogens with zero attached hydrogens (tertiary/aromatic N) is 1.